The largest absolute Gasteiger partial charge is 0.458 e. The Morgan fingerprint density at radius 2 is 2.29 bits per heavy atom. The van der Waals surface area contributed by atoms with Gasteiger partial charge in [-0.1, -0.05) is 19.1 Å². The van der Waals surface area contributed by atoms with E-state index in [4.69, 9.17) is 4.74 Å². The highest BCUT2D eigenvalue weighted by Gasteiger charge is 2.40. The number of carbonyl (C=O) groups is 1. The summed E-state index contributed by atoms with van der Waals surface area (Å²) in [7, 11) is 0. The standard InChI is InChI=1S/C13H13NO2S/c1-8-6-9(8)13(15)16-7-12-14-10-4-2-3-5-11(10)17-12/h2-5,8-9H,6-7H2,1H3. The minimum Gasteiger partial charge on any atom is -0.458 e. The monoisotopic (exact) mass is 247 g/mol. The second kappa shape index (κ2) is 4.11. The van der Waals surface area contributed by atoms with Gasteiger partial charge in [0.15, 0.2) is 0 Å². The van der Waals surface area contributed by atoms with Crippen molar-refractivity contribution in [1.82, 2.24) is 4.98 Å². The van der Waals surface area contributed by atoms with Gasteiger partial charge in [-0.15, -0.1) is 11.3 Å². The van der Waals surface area contributed by atoms with Gasteiger partial charge < -0.3 is 4.74 Å². The van der Waals surface area contributed by atoms with Gasteiger partial charge in [0.05, 0.1) is 16.1 Å². The van der Waals surface area contributed by atoms with Crippen LogP contribution in [-0.4, -0.2) is 11.0 Å². The van der Waals surface area contributed by atoms with Gasteiger partial charge >= 0.3 is 5.97 Å². The average Bonchev–Trinajstić information content (AvgIpc) is 2.92. The molecule has 0 saturated heterocycles. The first-order chi connectivity index (χ1) is 8.24. The zero-order chi connectivity index (χ0) is 11.8. The van der Waals surface area contributed by atoms with E-state index < -0.39 is 0 Å². The molecule has 2 aromatic rings. The van der Waals surface area contributed by atoms with Crippen LogP contribution in [0.5, 0.6) is 0 Å². The highest BCUT2D eigenvalue weighted by molar-refractivity contribution is 7.18. The summed E-state index contributed by atoms with van der Waals surface area (Å²) in [5.74, 6) is 0.555. The van der Waals surface area contributed by atoms with Gasteiger partial charge in [0.1, 0.15) is 11.6 Å². The van der Waals surface area contributed by atoms with E-state index >= 15 is 0 Å². The van der Waals surface area contributed by atoms with Crippen LogP contribution < -0.4 is 0 Å². The van der Waals surface area contributed by atoms with Crippen LogP contribution >= 0.6 is 11.3 Å². The molecule has 4 heteroatoms. The fraction of sp³-hybridized carbons (Fsp3) is 0.385. The Morgan fingerprint density at radius 3 is 3.00 bits per heavy atom. The molecule has 3 nitrogen and oxygen atoms in total. The third kappa shape index (κ3) is 2.17. The molecule has 17 heavy (non-hydrogen) atoms. The van der Waals surface area contributed by atoms with Crippen molar-refractivity contribution in [2.45, 2.75) is 20.0 Å². The molecule has 1 aliphatic carbocycles. The van der Waals surface area contributed by atoms with Crippen LogP contribution in [0.25, 0.3) is 10.2 Å². The van der Waals surface area contributed by atoms with Crippen molar-refractivity contribution in [2.24, 2.45) is 11.8 Å². The van der Waals surface area contributed by atoms with E-state index in [2.05, 4.69) is 11.9 Å². The van der Waals surface area contributed by atoms with E-state index in [0.717, 1.165) is 21.6 Å². The van der Waals surface area contributed by atoms with Crippen LogP contribution in [0.1, 0.15) is 18.4 Å². The number of carbonyl (C=O) groups excluding carboxylic acids is 1. The molecule has 1 aliphatic rings. The molecule has 0 amide bonds. The van der Waals surface area contributed by atoms with Gasteiger partial charge in [-0.2, -0.15) is 0 Å². The molecule has 1 aromatic carbocycles. The average molecular weight is 247 g/mol. The first kappa shape index (κ1) is 10.7. The molecule has 1 aromatic heterocycles. The zero-order valence-corrected chi connectivity index (χ0v) is 10.4. The van der Waals surface area contributed by atoms with Crippen molar-refractivity contribution in [3.63, 3.8) is 0 Å². The number of thiazole rings is 1. The molecule has 0 bridgehead atoms. The van der Waals surface area contributed by atoms with Crippen molar-refractivity contribution < 1.29 is 9.53 Å². The van der Waals surface area contributed by atoms with Crippen LogP contribution in [0.4, 0.5) is 0 Å². The van der Waals surface area contributed by atoms with Gasteiger partial charge in [-0.3, -0.25) is 4.79 Å². The predicted molar refractivity (Wildman–Crippen MR) is 66.7 cm³/mol. The number of hydrogen-bond acceptors (Lipinski definition) is 4. The van der Waals surface area contributed by atoms with Crippen LogP contribution in [-0.2, 0) is 16.1 Å². The number of aromatic nitrogens is 1. The van der Waals surface area contributed by atoms with Crippen molar-refractivity contribution in [3.05, 3.63) is 29.3 Å². The van der Waals surface area contributed by atoms with Crippen LogP contribution in [0, 0.1) is 11.8 Å². The maximum absolute atomic E-state index is 11.6. The fourth-order valence-electron chi connectivity index (χ4n) is 1.87. The Bertz CT molecular complexity index is 530. The van der Waals surface area contributed by atoms with Gasteiger partial charge in [0.25, 0.3) is 0 Å². The van der Waals surface area contributed by atoms with Gasteiger partial charge in [-0.05, 0) is 24.5 Å². The van der Waals surface area contributed by atoms with Gasteiger partial charge in [0.2, 0.25) is 0 Å². The summed E-state index contributed by atoms with van der Waals surface area (Å²) in [5.41, 5.74) is 0.975. The van der Waals surface area contributed by atoms with Crippen molar-refractivity contribution in [1.29, 1.82) is 0 Å². The Kier molecular flexibility index (Phi) is 2.59. The number of fused-ring (bicyclic) bond motifs is 1. The number of benzene rings is 1. The van der Waals surface area contributed by atoms with E-state index in [1.165, 1.54) is 0 Å². The lowest BCUT2D eigenvalue weighted by atomic mass is 10.3. The number of ether oxygens (including phenoxy) is 1. The summed E-state index contributed by atoms with van der Waals surface area (Å²) in [6.45, 7) is 2.38. The van der Waals surface area contributed by atoms with Crippen LogP contribution in [0.3, 0.4) is 0 Å². The van der Waals surface area contributed by atoms with Crippen molar-refractivity contribution >= 4 is 27.5 Å². The highest BCUT2D eigenvalue weighted by Crippen LogP contribution is 2.38. The predicted octanol–water partition coefficient (Wildman–Crippen LogP) is 3.00. The molecule has 1 fully saturated rings. The van der Waals surface area contributed by atoms with E-state index in [1.807, 2.05) is 24.3 Å². The number of para-hydroxylation sites is 1. The summed E-state index contributed by atoms with van der Waals surface area (Å²) in [6, 6.07) is 7.95. The van der Waals surface area contributed by atoms with Crippen LogP contribution in [0.15, 0.2) is 24.3 Å². The normalized spacial score (nSPS) is 22.6. The molecule has 3 rings (SSSR count). The quantitative estimate of drug-likeness (QED) is 0.783. The Morgan fingerprint density at radius 1 is 1.53 bits per heavy atom. The third-order valence-electron chi connectivity index (χ3n) is 3.09. The summed E-state index contributed by atoms with van der Waals surface area (Å²) in [4.78, 5) is 16.0. The molecule has 2 unspecified atom stereocenters. The molecule has 88 valence electrons. The lowest BCUT2D eigenvalue weighted by molar-refractivity contribution is -0.146. The number of nitrogens with zero attached hydrogens (tertiary/aromatic N) is 1. The first-order valence-corrected chi connectivity index (χ1v) is 6.57. The zero-order valence-electron chi connectivity index (χ0n) is 9.55. The molecular weight excluding hydrogens is 234 g/mol. The molecule has 0 N–H and O–H groups in total. The number of hydrogen-bond donors (Lipinski definition) is 0. The number of esters is 1. The molecular formula is C13H13NO2S. The third-order valence-corrected chi connectivity index (χ3v) is 4.10. The topological polar surface area (TPSA) is 39.2 Å². The van der Waals surface area contributed by atoms with Crippen molar-refractivity contribution in [3.8, 4) is 0 Å². The van der Waals surface area contributed by atoms with E-state index in [9.17, 15) is 4.79 Å². The fourth-order valence-corrected chi connectivity index (χ4v) is 2.75. The summed E-state index contributed by atoms with van der Waals surface area (Å²) >= 11 is 1.58. The van der Waals surface area contributed by atoms with E-state index in [0.29, 0.717) is 12.5 Å². The minimum absolute atomic E-state index is 0.0724. The Balaban J connectivity index is 1.66. The summed E-state index contributed by atoms with van der Waals surface area (Å²) in [5, 5.41) is 0.868. The molecule has 0 spiro atoms. The first-order valence-electron chi connectivity index (χ1n) is 5.75. The van der Waals surface area contributed by atoms with E-state index in [1.54, 1.807) is 11.3 Å². The van der Waals surface area contributed by atoms with Crippen LogP contribution in [0.2, 0.25) is 0 Å². The highest BCUT2D eigenvalue weighted by atomic mass is 32.1. The lowest BCUT2D eigenvalue weighted by Crippen LogP contribution is -2.07. The summed E-state index contributed by atoms with van der Waals surface area (Å²) < 4.78 is 6.40. The Labute approximate surface area is 103 Å². The Hall–Kier alpha value is -1.42. The molecule has 2 atom stereocenters. The minimum atomic E-state index is -0.0724. The maximum Gasteiger partial charge on any atom is 0.309 e. The number of rotatable bonds is 3. The smallest absolute Gasteiger partial charge is 0.309 e. The molecule has 0 aliphatic heterocycles. The molecule has 1 heterocycles. The summed E-state index contributed by atoms with van der Waals surface area (Å²) in [6.07, 6.45) is 0.971. The lowest BCUT2D eigenvalue weighted by Gasteiger charge is -2.00. The second-order valence-electron chi connectivity index (χ2n) is 4.50. The maximum atomic E-state index is 11.6. The molecule has 1 saturated carbocycles. The van der Waals surface area contributed by atoms with Gasteiger partial charge in [-0.25, -0.2) is 4.98 Å². The van der Waals surface area contributed by atoms with E-state index in [-0.39, 0.29) is 11.9 Å². The van der Waals surface area contributed by atoms with Gasteiger partial charge in [0, 0.05) is 0 Å². The SMILES string of the molecule is CC1CC1C(=O)OCc1nc2ccccc2s1. The van der Waals surface area contributed by atoms with Crippen molar-refractivity contribution in [2.75, 3.05) is 0 Å². The molecule has 0 radical (unpaired) electrons. The second-order valence-corrected chi connectivity index (χ2v) is 5.62.